The summed E-state index contributed by atoms with van der Waals surface area (Å²) in [5, 5.41) is 2.31. The Hall–Kier alpha value is -3.36. The highest BCUT2D eigenvalue weighted by Crippen LogP contribution is 2.16. The van der Waals surface area contributed by atoms with E-state index in [4.69, 9.17) is 0 Å². The second kappa shape index (κ2) is 8.12. The molecule has 7 nitrogen and oxygen atoms in total. The zero-order chi connectivity index (χ0) is 20.3. The van der Waals surface area contributed by atoms with Crippen LogP contribution >= 0.6 is 0 Å². The zero-order valence-electron chi connectivity index (χ0n) is 15.1. The van der Waals surface area contributed by atoms with Crippen molar-refractivity contribution in [3.8, 4) is 0 Å². The van der Waals surface area contributed by atoms with E-state index in [0.29, 0.717) is 32.2 Å². The van der Waals surface area contributed by atoms with Gasteiger partial charge in [0.1, 0.15) is 17.3 Å². The molecule has 1 fully saturated rings. The molecular formula is C19H18F2N4O3. The Morgan fingerprint density at radius 3 is 2.32 bits per heavy atom. The average molecular weight is 388 g/mol. The number of rotatable bonds is 3. The van der Waals surface area contributed by atoms with Gasteiger partial charge in [0, 0.05) is 50.9 Å². The van der Waals surface area contributed by atoms with Crippen LogP contribution in [0.25, 0.3) is 0 Å². The van der Waals surface area contributed by atoms with Crippen molar-refractivity contribution < 1.29 is 23.2 Å². The van der Waals surface area contributed by atoms with Gasteiger partial charge in [0.2, 0.25) is 5.91 Å². The van der Waals surface area contributed by atoms with E-state index in [9.17, 15) is 23.2 Å². The number of piperazine rings is 1. The molecule has 0 spiro atoms. The number of halogens is 2. The second-order valence-corrected chi connectivity index (χ2v) is 6.31. The van der Waals surface area contributed by atoms with Crippen LogP contribution in [0.5, 0.6) is 0 Å². The Balaban J connectivity index is 1.70. The van der Waals surface area contributed by atoms with Crippen LogP contribution in [0.3, 0.4) is 0 Å². The Morgan fingerprint density at radius 1 is 1.00 bits per heavy atom. The molecule has 1 aromatic carbocycles. The first-order valence-corrected chi connectivity index (χ1v) is 8.62. The molecule has 0 saturated carbocycles. The lowest BCUT2D eigenvalue weighted by Gasteiger charge is -2.34. The van der Waals surface area contributed by atoms with Crippen LogP contribution in [0, 0.1) is 11.6 Å². The standard InChI is InChI=1S/C19H18F2N4O3/c1-12(26)24-6-8-25(9-7-24)19(28)13-4-5-22-17(10-13)18(27)23-16-3-2-14(20)11-15(16)21/h2-5,10-11H,6-9H2,1H3,(H,23,27). The van der Waals surface area contributed by atoms with Gasteiger partial charge in [-0.15, -0.1) is 0 Å². The van der Waals surface area contributed by atoms with Crippen molar-refractivity contribution in [1.82, 2.24) is 14.8 Å². The quantitative estimate of drug-likeness (QED) is 0.871. The third-order valence-corrected chi connectivity index (χ3v) is 4.43. The lowest BCUT2D eigenvalue weighted by molar-refractivity contribution is -0.130. The zero-order valence-corrected chi connectivity index (χ0v) is 15.1. The highest BCUT2D eigenvalue weighted by molar-refractivity contribution is 6.04. The van der Waals surface area contributed by atoms with Crippen LogP contribution in [0.15, 0.2) is 36.5 Å². The predicted molar refractivity (Wildman–Crippen MR) is 96.7 cm³/mol. The van der Waals surface area contributed by atoms with E-state index in [1.54, 1.807) is 9.80 Å². The van der Waals surface area contributed by atoms with E-state index in [0.717, 1.165) is 12.1 Å². The molecule has 1 aromatic heterocycles. The van der Waals surface area contributed by atoms with Gasteiger partial charge in [0.15, 0.2) is 0 Å². The van der Waals surface area contributed by atoms with E-state index in [1.807, 2.05) is 0 Å². The van der Waals surface area contributed by atoms with Crippen molar-refractivity contribution in [1.29, 1.82) is 0 Å². The van der Waals surface area contributed by atoms with Crippen LogP contribution in [0.4, 0.5) is 14.5 Å². The van der Waals surface area contributed by atoms with E-state index >= 15 is 0 Å². The molecule has 28 heavy (non-hydrogen) atoms. The molecule has 0 atom stereocenters. The molecule has 146 valence electrons. The number of aromatic nitrogens is 1. The maximum Gasteiger partial charge on any atom is 0.274 e. The van der Waals surface area contributed by atoms with Gasteiger partial charge in [-0.1, -0.05) is 0 Å². The highest BCUT2D eigenvalue weighted by atomic mass is 19.1. The van der Waals surface area contributed by atoms with Crippen molar-refractivity contribution in [2.75, 3.05) is 31.5 Å². The number of hydrogen-bond donors (Lipinski definition) is 1. The first-order valence-electron chi connectivity index (χ1n) is 8.62. The summed E-state index contributed by atoms with van der Waals surface area (Å²) in [6, 6.07) is 5.58. The number of nitrogens with one attached hydrogen (secondary N) is 1. The van der Waals surface area contributed by atoms with Gasteiger partial charge in [-0.3, -0.25) is 19.4 Å². The van der Waals surface area contributed by atoms with Crippen LogP contribution in [-0.2, 0) is 4.79 Å². The Morgan fingerprint density at radius 2 is 1.68 bits per heavy atom. The minimum atomic E-state index is -0.913. The summed E-state index contributed by atoms with van der Waals surface area (Å²) in [7, 11) is 0. The summed E-state index contributed by atoms with van der Waals surface area (Å²) in [5.74, 6) is -2.72. The number of anilines is 1. The molecule has 3 rings (SSSR count). The molecule has 9 heteroatoms. The minimum Gasteiger partial charge on any atom is -0.339 e. The number of nitrogens with zero attached hydrogens (tertiary/aromatic N) is 3. The number of hydrogen-bond acceptors (Lipinski definition) is 4. The van der Waals surface area contributed by atoms with Crippen LogP contribution in [0.2, 0.25) is 0 Å². The molecule has 1 aliphatic rings. The minimum absolute atomic E-state index is 0.0389. The normalized spacial score (nSPS) is 14.0. The topological polar surface area (TPSA) is 82.6 Å². The first kappa shape index (κ1) is 19.4. The summed E-state index contributed by atoms with van der Waals surface area (Å²) in [4.78, 5) is 43.5. The smallest absolute Gasteiger partial charge is 0.274 e. The van der Waals surface area contributed by atoms with Crippen molar-refractivity contribution in [2.24, 2.45) is 0 Å². The molecule has 1 N–H and O–H groups in total. The van der Waals surface area contributed by atoms with Gasteiger partial charge < -0.3 is 15.1 Å². The number of carbonyl (C=O) groups excluding carboxylic acids is 3. The van der Waals surface area contributed by atoms with Crippen LogP contribution in [0.1, 0.15) is 27.8 Å². The van der Waals surface area contributed by atoms with Crippen molar-refractivity contribution in [3.05, 3.63) is 59.4 Å². The lowest BCUT2D eigenvalue weighted by atomic mass is 10.1. The Kier molecular flexibility index (Phi) is 5.62. The molecule has 0 radical (unpaired) electrons. The van der Waals surface area contributed by atoms with Crippen molar-refractivity contribution >= 4 is 23.4 Å². The van der Waals surface area contributed by atoms with Gasteiger partial charge in [0.05, 0.1) is 5.69 Å². The van der Waals surface area contributed by atoms with Crippen molar-refractivity contribution in [3.63, 3.8) is 0 Å². The van der Waals surface area contributed by atoms with Crippen LogP contribution < -0.4 is 5.32 Å². The summed E-state index contributed by atoms with van der Waals surface area (Å²) in [6.07, 6.45) is 1.31. The maximum absolute atomic E-state index is 13.7. The summed E-state index contributed by atoms with van der Waals surface area (Å²) in [6.45, 7) is 3.16. The fraction of sp³-hybridized carbons (Fsp3) is 0.263. The maximum atomic E-state index is 13.7. The molecule has 1 aliphatic heterocycles. The summed E-state index contributed by atoms with van der Waals surface area (Å²) >= 11 is 0. The summed E-state index contributed by atoms with van der Waals surface area (Å²) < 4.78 is 26.7. The predicted octanol–water partition coefficient (Wildman–Crippen LogP) is 1.92. The van der Waals surface area contributed by atoms with E-state index in [-0.39, 0.29) is 28.8 Å². The average Bonchev–Trinajstić information content (AvgIpc) is 2.69. The molecule has 1 saturated heterocycles. The second-order valence-electron chi connectivity index (χ2n) is 6.31. The van der Waals surface area contributed by atoms with Gasteiger partial charge in [-0.2, -0.15) is 0 Å². The molecular weight excluding hydrogens is 370 g/mol. The van der Waals surface area contributed by atoms with E-state index in [1.165, 1.54) is 25.3 Å². The van der Waals surface area contributed by atoms with Gasteiger partial charge in [-0.25, -0.2) is 8.78 Å². The highest BCUT2D eigenvalue weighted by Gasteiger charge is 2.24. The molecule has 3 amide bonds. The number of benzene rings is 1. The molecule has 2 heterocycles. The van der Waals surface area contributed by atoms with Gasteiger partial charge in [-0.05, 0) is 24.3 Å². The molecule has 0 aliphatic carbocycles. The molecule has 2 aromatic rings. The largest absolute Gasteiger partial charge is 0.339 e. The number of carbonyl (C=O) groups is 3. The Bertz CT molecular complexity index is 927. The Labute approximate surface area is 160 Å². The van der Waals surface area contributed by atoms with Crippen molar-refractivity contribution in [2.45, 2.75) is 6.92 Å². The SMILES string of the molecule is CC(=O)N1CCN(C(=O)c2ccnc(C(=O)Nc3ccc(F)cc3F)c2)CC1. The summed E-state index contributed by atoms with van der Waals surface area (Å²) in [5.41, 5.74) is -0.00163. The van der Waals surface area contributed by atoms with Gasteiger partial charge in [0.25, 0.3) is 11.8 Å². The third kappa shape index (κ3) is 4.30. The number of amides is 3. The lowest BCUT2D eigenvalue weighted by Crippen LogP contribution is -2.50. The van der Waals surface area contributed by atoms with Gasteiger partial charge >= 0.3 is 0 Å². The van der Waals surface area contributed by atoms with E-state index < -0.39 is 17.5 Å². The van der Waals surface area contributed by atoms with E-state index in [2.05, 4.69) is 10.3 Å². The monoisotopic (exact) mass is 388 g/mol. The first-order chi connectivity index (χ1) is 13.3. The fourth-order valence-electron chi connectivity index (χ4n) is 2.87. The van der Waals surface area contributed by atoms with Crippen LogP contribution in [-0.4, -0.2) is 58.7 Å². The molecule has 0 bridgehead atoms. The third-order valence-electron chi connectivity index (χ3n) is 4.43. The molecule has 0 unspecified atom stereocenters. The number of pyridine rings is 1. The fourth-order valence-corrected chi connectivity index (χ4v) is 2.87.